The minimum atomic E-state index is 1.08. The minimum Gasteiger partial charge on any atom is -0.0926 e. The van der Waals surface area contributed by atoms with Crippen LogP contribution in [0.2, 0.25) is 0 Å². The predicted molar refractivity (Wildman–Crippen MR) is 53.6 cm³/mol. The standard InChI is InChI=1S/C9H8BrCl/c1-7(6-11)8-2-4-9(10)5-3-8/h2-6H,1H3. The van der Waals surface area contributed by atoms with Crippen molar-refractivity contribution >= 4 is 33.1 Å². The zero-order chi connectivity index (χ0) is 8.27. The van der Waals surface area contributed by atoms with Crippen LogP contribution in [0.15, 0.2) is 34.3 Å². The molecule has 0 saturated heterocycles. The molecule has 0 unspecified atom stereocenters. The second-order valence-electron chi connectivity index (χ2n) is 2.30. The molecule has 0 nitrogen and oxygen atoms in total. The van der Waals surface area contributed by atoms with Crippen molar-refractivity contribution in [3.05, 3.63) is 39.8 Å². The van der Waals surface area contributed by atoms with Gasteiger partial charge in [-0.25, -0.2) is 0 Å². The Morgan fingerprint density at radius 2 is 1.91 bits per heavy atom. The molecular formula is C9H8BrCl. The average molecular weight is 232 g/mol. The molecule has 11 heavy (non-hydrogen) atoms. The summed E-state index contributed by atoms with van der Waals surface area (Å²) in [6, 6.07) is 8.05. The molecule has 0 spiro atoms. The molecule has 1 aromatic carbocycles. The van der Waals surface area contributed by atoms with Crippen molar-refractivity contribution in [2.45, 2.75) is 6.92 Å². The van der Waals surface area contributed by atoms with E-state index in [0.29, 0.717) is 0 Å². The molecule has 1 aromatic rings. The summed E-state index contributed by atoms with van der Waals surface area (Å²) in [6.45, 7) is 1.98. The Morgan fingerprint density at radius 1 is 1.36 bits per heavy atom. The van der Waals surface area contributed by atoms with Crippen LogP contribution in [0.3, 0.4) is 0 Å². The molecule has 58 valence electrons. The van der Waals surface area contributed by atoms with Crippen LogP contribution in [-0.4, -0.2) is 0 Å². The van der Waals surface area contributed by atoms with E-state index in [-0.39, 0.29) is 0 Å². The number of allylic oxidation sites excluding steroid dienone is 1. The normalized spacial score (nSPS) is 11.7. The maximum Gasteiger partial charge on any atom is 0.0175 e. The first-order valence-electron chi connectivity index (χ1n) is 3.27. The van der Waals surface area contributed by atoms with Crippen LogP contribution in [0.1, 0.15) is 12.5 Å². The highest BCUT2D eigenvalue weighted by Gasteiger charge is 1.92. The van der Waals surface area contributed by atoms with E-state index < -0.39 is 0 Å². The van der Waals surface area contributed by atoms with Gasteiger partial charge in [-0.05, 0) is 30.2 Å². The lowest BCUT2D eigenvalue weighted by Crippen LogP contribution is -1.76. The molecule has 0 fully saturated rings. The molecule has 0 radical (unpaired) electrons. The molecule has 0 aliphatic rings. The zero-order valence-corrected chi connectivity index (χ0v) is 8.48. The van der Waals surface area contributed by atoms with Gasteiger partial charge >= 0.3 is 0 Å². The van der Waals surface area contributed by atoms with Gasteiger partial charge in [0.15, 0.2) is 0 Å². The van der Waals surface area contributed by atoms with E-state index in [1.807, 2.05) is 31.2 Å². The molecule has 0 atom stereocenters. The fourth-order valence-corrected chi connectivity index (χ4v) is 1.17. The van der Waals surface area contributed by atoms with Gasteiger partial charge in [-0.1, -0.05) is 39.7 Å². The van der Waals surface area contributed by atoms with Gasteiger partial charge in [-0.2, -0.15) is 0 Å². The molecule has 0 amide bonds. The van der Waals surface area contributed by atoms with Crippen molar-refractivity contribution < 1.29 is 0 Å². The summed E-state index contributed by atoms with van der Waals surface area (Å²) in [5, 5.41) is 0. The number of halogens is 2. The van der Waals surface area contributed by atoms with Crippen molar-refractivity contribution in [2.24, 2.45) is 0 Å². The molecule has 0 bridgehead atoms. The smallest absolute Gasteiger partial charge is 0.0175 e. The van der Waals surface area contributed by atoms with Crippen molar-refractivity contribution in [3.63, 3.8) is 0 Å². The SMILES string of the molecule is CC(=CCl)c1ccc(Br)cc1. The van der Waals surface area contributed by atoms with Crippen molar-refractivity contribution in [1.82, 2.24) is 0 Å². The number of hydrogen-bond acceptors (Lipinski definition) is 0. The highest BCUT2D eigenvalue weighted by molar-refractivity contribution is 9.10. The quantitative estimate of drug-likeness (QED) is 0.684. The molecule has 0 N–H and O–H groups in total. The Bertz CT molecular complexity index is 261. The molecule has 0 aromatic heterocycles. The third-order valence-electron chi connectivity index (χ3n) is 1.46. The fourth-order valence-electron chi connectivity index (χ4n) is 0.776. The van der Waals surface area contributed by atoms with Gasteiger partial charge in [0, 0.05) is 10.0 Å². The van der Waals surface area contributed by atoms with Crippen LogP contribution in [0, 0.1) is 0 Å². The van der Waals surface area contributed by atoms with E-state index in [1.54, 1.807) is 5.54 Å². The molecular weight excluding hydrogens is 223 g/mol. The van der Waals surface area contributed by atoms with E-state index in [1.165, 1.54) is 0 Å². The van der Waals surface area contributed by atoms with Crippen LogP contribution in [-0.2, 0) is 0 Å². The minimum absolute atomic E-state index is 1.08. The summed E-state index contributed by atoms with van der Waals surface area (Å²) in [5.41, 5.74) is 3.82. The highest BCUT2D eigenvalue weighted by atomic mass is 79.9. The van der Waals surface area contributed by atoms with Gasteiger partial charge in [0.25, 0.3) is 0 Å². The monoisotopic (exact) mass is 230 g/mol. The lowest BCUT2D eigenvalue weighted by molar-refractivity contribution is 1.55. The van der Waals surface area contributed by atoms with Gasteiger partial charge in [-0.15, -0.1) is 0 Å². The highest BCUT2D eigenvalue weighted by Crippen LogP contribution is 2.17. The maximum atomic E-state index is 5.55. The van der Waals surface area contributed by atoms with Gasteiger partial charge in [0.1, 0.15) is 0 Å². The number of rotatable bonds is 1. The van der Waals surface area contributed by atoms with E-state index in [0.717, 1.165) is 15.6 Å². The van der Waals surface area contributed by atoms with Crippen LogP contribution < -0.4 is 0 Å². The lowest BCUT2D eigenvalue weighted by atomic mass is 10.1. The summed E-state index contributed by atoms with van der Waals surface area (Å²) in [6.07, 6.45) is 0. The van der Waals surface area contributed by atoms with Crippen LogP contribution in [0.25, 0.3) is 5.57 Å². The van der Waals surface area contributed by atoms with Crippen molar-refractivity contribution in [3.8, 4) is 0 Å². The Labute approximate surface area is 80.0 Å². The summed E-state index contributed by atoms with van der Waals surface area (Å²) in [7, 11) is 0. The number of benzene rings is 1. The average Bonchev–Trinajstić information content (AvgIpc) is 2.05. The molecule has 2 heteroatoms. The van der Waals surface area contributed by atoms with E-state index in [9.17, 15) is 0 Å². The largest absolute Gasteiger partial charge is 0.0926 e. The summed E-state index contributed by atoms with van der Waals surface area (Å²) in [4.78, 5) is 0. The van der Waals surface area contributed by atoms with Crippen LogP contribution >= 0.6 is 27.5 Å². The Balaban J connectivity index is 2.99. The van der Waals surface area contributed by atoms with Crippen molar-refractivity contribution in [2.75, 3.05) is 0 Å². The maximum absolute atomic E-state index is 5.55. The zero-order valence-electron chi connectivity index (χ0n) is 6.14. The molecule has 0 aliphatic heterocycles. The summed E-state index contributed by atoms with van der Waals surface area (Å²) >= 11 is 8.92. The van der Waals surface area contributed by atoms with Gasteiger partial charge < -0.3 is 0 Å². The third kappa shape index (κ3) is 2.35. The second-order valence-corrected chi connectivity index (χ2v) is 3.43. The summed E-state index contributed by atoms with van der Waals surface area (Å²) in [5.74, 6) is 0. The first-order valence-corrected chi connectivity index (χ1v) is 4.50. The lowest BCUT2D eigenvalue weighted by Gasteiger charge is -1.98. The molecule has 0 heterocycles. The Kier molecular flexibility index (Phi) is 3.16. The van der Waals surface area contributed by atoms with Crippen molar-refractivity contribution in [1.29, 1.82) is 0 Å². The Morgan fingerprint density at radius 3 is 2.36 bits per heavy atom. The fraction of sp³-hybridized carbons (Fsp3) is 0.111. The number of hydrogen-bond donors (Lipinski definition) is 0. The van der Waals surface area contributed by atoms with Gasteiger partial charge in [0.05, 0.1) is 0 Å². The predicted octanol–water partition coefficient (Wildman–Crippen LogP) is 4.05. The first-order chi connectivity index (χ1) is 5.24. The third-order valence-corrected chi connectivity index (χ3v) is 2.32. The van der Waals surface area contributed by atoms with E-state index >= 15 is 0 Å². The van der Waals surface area contributed by atoms with Gasteiger partial charge in [-0.3, -0.25) is 0 Å². The van der Waals surface area contributed by atoms with Crippen LogP contribution in [0.4, 0.5) is 0 Å². The first kappa shape index (κ1) is 8.82. The molecule has 0 aliphatic carbocycles. The summed E-state index contributed by atoms with van der Waals surface area (Å²) < 4.78 is 1.09. The topological polar surface area (TPSA) is 0 Å². The van der Waals surface area contributed by atoms with E-state index in [2.05, 4.69) is 15.9 Å². The van der Waals surface area contributed by atoms with Gasteiger partial charge in [0.2, 0.25) is 0 Å². The van der Waals surface area contributed by atoms with E-state index in [4.69, 9.17) is 11.6 Å². The molecule has 1 rings (SSSR count). The Hall–Kier alpha value is -0.270. The second kappa shape index (κ2) is 3.93. The molecule has 0 saturated carbocycles. The van der Waals surface area contributed by atoms with Crippen LogP contribution in [0.5, 0.6) is 0 Å².